The van der Waals surface area contributed by atoms with Gasteiger partial charge >= 0.3 is 0 Å². The fourth-order valence-corrected chi connectivity index (χ4v) is 2.56. The number of hydrogen-bond acceptors (Lipinski definition) is 5. The van der Waals surface area contributed by atoms with Crippen LogP contribution in [0.3, 0.4) is 0 Å². The summed E-state index contributed by atoms with van der Waals surface area (Å²) in [6.07, 6.45) is 2.55. The fourth-order valence-electron chi connectivity index (χ4n) is 2.56. The molecule has 1 N–H and O–H groups in total. The molecule has 1 aromatic heterocycles. The normalized spacial score (nSPS) is 10.3. The number of pyridine rings is 1. The van der Waals surface area contributed by atoms with E-state index < -0.39 is 0 Å². The van der Waals surface area contributed by atoms with Crippen molar-refractivity contribution in [2.75, 3.05) is 19.0 Å². The Morgan fingerprint density at radius 1 is 0.931 bits per heavy atom. The molecule has 2 aromatic carbocycles. The molecule has 1 heterocycles. The van der Waals surface area contributed by atoms with E-state index in [-0.39, 0.29) is 5.91 Å². The highest BCUT2D eigenvalue weighted by Gasteiger charge is 2.05. The first-order valence-corrected chi connectivity index (χ1v) is 9.39. The topological polar surface area (TPSA) is 69.7 Å². The highest BCUT2D eigenvalue weighted by atomic mass is 16.5. The van der Waals surface area contributed by atoms with Gasteiger partial charge in [-0.25, -0.2) is 4.98 Å². The second kappa shape index (κ2) is 10.1. The summed E-state index contributed by atoms with van der Waals surface area (Å²) in [5.41, 5.74) is 1.79. The summed E-state index contributed by atoms with van der Waals surface area (Å²) in [6, 6.07) is 18.6. The van der Waals surface area contributed by atoms with Crippen LogP contribution in [0.25, 0.3) is 0 Å². The second-order valence-corrected chi connectivity index (χ2v) is 6.48. The van der Waals surface area contributed by atoms with E-state index in [0.717, 1.165) is 22.8 Å². The zero-order valence-electron chi connectivity index (χ0n) is 16.6. The molecule has 0 saturated heterocycles. The van der Waals surface area contributed by atoms with E-state index in [1.54, 1.807) is 25.4 Å². The Morgan fingerprint density at radius 3 is 2.28 bits per heavy atom. The summed E-state index contributed by atoms with van der Waals surface area (Å²) in [7, 11) is 1.62. The number of ether oxygens (including phenoxy) is 3. The molecule has 0 unspecified atom stereocenters. The van der Waals surface area contributed by atoms with Crippen LogP contribution in [-0.4, -0.2) is 24.6 Å². The zero-order valence-corrected chi connectivity index (χ0v) is 16.6. The highest BCUT2D eigenvalue weighted by molar-refractivity contribution is 5.90. The van der Waals surface area contributed by atoms with E-state index in [2.05, 4.69) is 10.3 Å². The lowest BCUT2D eigenvalue weighted by molar-refractivity contribution is -0.116. The van der Waals surface area contributed by atoms with Gasteiger partial charge in [-0.05, 0) is 55.8 Å². The molecule has 150 valence electrons. The third-order valence-corrected chi connectivity index (χ3v) is 4.14. The van der Waals surface area contributed by atoms with Gasteiger partial charge in [-0.2, -0.15) is 0 Å². The van der Waals surface area contributed by atoms with Crippen LogP contribution in [0.2, 0.25) is 0 Å². The lowest BCUT2D eigenvalue weighted by Crippen LogP contribution is -2.13. The maximum absolute atomic E-state index is 12.1. The average Bonchev–Trinajstić information content (AvgIpc) is 2.75. The Hall–Kier alpha value is -3.54. The minimum Gasteiger partial charge on any atom is -0.497 e. The van der Waals surface area contributed by atoms with Gasteiger partial charge in [0.15, 0.2) is 0 Å². The monoisotopic (exact) mass is 392 g/mol. The third kappa shape index (κ3) is 6.53. The molecular formula is C23H24N2O4. The van der Waals surface area contributed by atoms with Crippen LogP contribution in [0.4, 0.5) is 5.69 Å². The minimum absolute atomic E-state index is 0.0858. The fraction of sp³-hybridized carbons (Fsp3) is 0.217. The number of carbonyl (C=O) groups is 1. The van der Waals surface area contributed by atoms with Gasteiger partial charge in [0.05, 0.1) is 25.6 Å². The van der Waals surface area contributed by atoms with Crippen LogP contribution < -0.4 is 19.5 Å². The number of rotatable bonds is 9. The molecular weight excluding hydrogens is 368 g/mol. The van der Waals surface area contributed by atoms with E-state index >= 15 is 0 Å². The number of nitrogens with zero attached hydrogens (tertiary/aromatic N) is 1. The molecule has 0 aliphatic heterocycles. The van der Waals surface area contributed by atoms with Gasteiger partial charge in [-0.1, -0.05) is 17.7 Å². The largest absolute Gasteiger partial charge is 0.497 e. The third-order valence-electron chi connectivity index (χ3n) is 4.14. The molecule has 0 aliphatic carbocycles. The van der Waals surface area contributed by atoms with Crippen molar-refractivity contribution in [1.82, 2.24) is 4.98 Å². The van der Waals surface area contributed by atoms with Crippen LogP contribution in [-0.2, 0) is 4.79 Å². The summed E-state index contributed by atoms with van der Waals surface area (Å²) >= 11 is 0. The molecule has 0 spiro atoms. The summed E-state index contributed by atoms with van der Waals surface area (Å²) in [4.78, 5) is 16.3. The van der Waals surface area contributed by atoms with E-state index in [4.69, 9.17) is 14.2 Å². The van der Waals surface area contributed by atoms with Gasteiger partial charge in [0, 0.05) is 12.5 Å². The SMILES string of the molecule is COc1ccc(OCCCC(=O)Nc2ccc(Oc3ccc(C)cc3)nc2)cc1. The molecule has 6 nitrogen and oxygen atoms in total. The van der Waals surface area contributed by atoms with Crippen molar-refractivity contribution >= 4 is 11.6 Å². The number of aromatic nitrogens is 1. The number of hydrogen-bond donors (Lipinski definition) is 1. The van der Waals surface area contributed by atoms with Crippen molar-refractivity contribution < 1.29 is 19.0 Å². The number of carbonyl (C=O) groups excluding carboxylic acids is 1. The van der Waals surface area contributed by atoms with Crippen LogP contribution in [0.1, 0.15) is 18.4 Å². The number of aryl methyl sites for hydroxylation is 1. The van der Waals surface area contributed by atoms with Gasteiger partial charge < -0.3 is 19.5 Å². The maximum Gasteiger partial charge on any atom is 0.224 e. The van der Waals surface area contributed by atoms with Crippen molar-refractivity contribution in [3.8, 4) is 23.1 Å². The van der Waals surface area contributed by atoms with Crippen molar-refractivity contribution in [2.45, 2.75) is 19.8 Å². The Balaban J connectivity index is 1.39. The van der Waals surface area contributed by atoms with Crippen LogP contribution in [0.5, 0.6) is 23.1 Å². The summed E-state index contributed by atoms with van der Waals surface area (Å²) in [6.45, 7) is 2.48. The number of methoxy groups -OCH3 is 1. The zero-order chi connectivity index (χ0) is 20.5. The molecule has 0 fully saturated rings. The average molecular weight is 392 g/mol. The van der Waals surface area contributed by atoms with E-state index in [9.17, 15) is 4.79 Å². The lowest BCUT2D eigenvalue weighted by atomic mass is 10.2. The molecule has 1 amide bonds. The van der Waals surface area contributed by atoms with Crippen molar-refractivity contribution in [3.05, 3.63) is 72.4 Å². The predicted octanol–water partition coefficient (Wildman–Crippen LogP) is 4.99. The van der Waals surface area contributed by atoms with Crippen molar-refractivity contribution in [1.29, 1.82) is 0 Å². The lowest BCUT2D eigenvalue weighted by Gasteiger charge is -2.08. The number of benzene rings is 2. The first-order chi connectivity index (χ1) is 14.1. The molecule has 6 heteroatoms. The Bertz CT molecular complexity index is 907. The Kier molecular flexibility index (Phi) is 7.05. The molecule has 0 bridgehead atoms. The van der Waals surface area contributed by atoms with Gasteiger partial charge in [0.1, 0.15) is 17.2 Å². The molecule has 0 aliphatic rings. The van der Waals surface area contributed by atoms with Gasteiger partial charge in [0.25, 0.3) is 0 Å². The van der Waals surface area contributed by atoms with Crippen molar-refractivity contribution in [2.24, 2.45) is 0 Å². The number of amides is 1. The molecule has 0 saturated carbocycles. The van der Waals surface area contributed by atoms with Crippen LogP contribution in [0, 0.1) is 6.92 Å². The van der Waals surface area contributed by atoms with Crippen molar-refractivity contribution in [3.63, 3.8) is 0 Å². The van der Waals surface area contributed by atoms with Gasteiger partial charge in [-0.3, -0.25) is 4.79 Å². The smallest absolute Gasteiger partial charge is 0.224 e. The highest BCUT2D eigenvalue weighted by Crippen LogP contribution is 2.21. The van der Waals surface area contributed by atoms with Gasteiger partial charge in [0.2, 0.25) is 11.8 Å². The van der Waals surface area contributed by atoms with Crippen LogP contribution >= 0.6 is 0 Å². The Labute approximate surface area is 170 Å². The second-order valence-electron chi connectivity index (χ2n) is 6.48. The van der Waals surface area contributed by atoms with E-state index in [1.165, 1.54) is 0 Å². The molecule has 29 heavy (non-hydrogen) atoms. The molecule has 0 radical (unpaired) electrons. The number of anilines is 1. The summed E-state index contributed by atoms with van der Waals surface area (Å²) < 4.78 is 16.4. The quantitative estimate of drug-likeness (QED) is 0.520. The summed E-state index contributed by atoms with van der Waals surface area (Å²) in [5, 5.41) is 2.83. The number of nitrogens with one attached hydrogen (secondary N) is 1. The van der Waals surface area contributed by atoms with E-state index in [1.807, 2.05) is 55.5 Å². The van der Waals surface area contributed by atoms with Gasteiger partial charge in [-0.15, -0.1) is 0 Å². The maximum atomic E-state index is 12.1. The standard InChI is InChI=1S/C23H24N2O4/c1-17-5-8-21(9-6-17)29-23-14-7-18(16-24-23)25-22(26)4-3-15-28-20-12-10-19(27-2)11-13-20/h5-14,16H,3-4,15H2,1-2H3,(H,25,26). The predicted molar refractivity (Wildman–Crippen MR) is 112 cm³/mol. The first-order valence-electron chi connectivity index (χ1n) is 9.39. The molecule has 3 aromatic rings. The molecule has 3 rings (SSSR count). The van der Waals surface area contributed by atoms with E-state index in [0.29, 0.717) is 31.0 Å². The Morgan fingerprint density at radius 2 is 1.62 bits per heavy atom. The summed E-state index contributed by atoms with van der Waals surface area (Å²) in [5.74, 6) is 2.63. The minimum atomic E-state index is -0.0858. The first kappa shape index (κ1) is 20.2. The molecule has 0 atom stereocenters. The van der Waals surface area contributed by atoms with Crippen LogP contribution in [0.15, 0.2) is 66.9 Å².